The summed E-state index contributed by atoms with van der Waals surface area (Å²) in [5.74, 6) is -0.631. The van der Waals surface area contributed by atoms with E-state index in [0.29, 0.717) is 27.2 Å². The van der Waals surface area contributed by atoms with Crippen molar-refractivity contribution in [3.05, 3.63) is 49.8 Å². The van der Waals surface area contributed by atoms with Crippen molar-refractivity contribution in [1.29, 1.82) is 0 Å². The number of hydrogen-bond donors (Lipinski definition) is 0. The van der Waals surface area contributed by atoms with Crippen molar-refractivity contribution in [3.8, 4) is 11.5 Å². The summed E-state index contributed by atoms with van der Waals surface area (Å²) in [5, 5.41) is -0.466. The third kappa shape index (κ3) is 6.57. The van der Waals surface area contributed by atoms with Crippen LogP contribution in [0.2, 0.25) is 0 Å². The van der Waals surface area contributed by atoms with E-state index < -0.39 is 23.1 Å². The number of carbonyl (C=O) groups is 4. The van der Waals surface area contributed by atoms with Gasteiger partial charge in [0.15, 0.2) is 18.1 Å². The van der Waals surface area contributed by atoms with Gasteiger partial charge in [-0.3, -0.25) is 14.5 Å². The summed E-state index contributed by atoms with van der Waals surface area (Å²) in [6.07, 6.45) is 1.58. The summed E-state index contributed by atoms with van der Waals surface area (Å²) in [6, 6.07) is 6.33. The van der Waals surface area contributed by atoms with E-state index in [9.17, 15) is 19.2 Å². The maximum atomic E-state index is 12.9. The van der Waals surface area contributed by atoms with Crippen molar-refractivity contribution in [2.75, 3.05) is 26.9 Å². The minimum absolute atomic E-state index is 0.0201. The Morgan fingerprint density at radius 2 is 1.91 bits per heavy atom. The summed E-state index contributed by atoms with van der Waals surface area (Å²) in [4.78, 5) is 49.8. The van der Waals surface area contributed by atoms with Gasteiger partial charge in [-0.1, -0.05) is 0 Å². The summed E-state index contributed by atoms with van der Waals surface area (Å²) < 4.78 is 26.8. The van der Waals surface area contributed by atoms with Crippen LogP contribution in [-0.2, 0) is 25.6 Å². The smallest absolute Gasteiger partial charge is 0.373 e. The fraction of sp³-hybridized carbons (Fsp3) is 0.304. The highest BCUT2D eigenvalue weighted by Crippen LogP contribution is 2.38. The largest absolute Gasteiger partial charge is 0.490 e. The molecule has 1 aliphatic rings. The van der Waals surface area contributed by atoms with Crippen LogP contribution < -0.4 is 9.47 Å². The number of benzene rings is 1. The van der Waals surface area contributed by atoms with E-state index >= 15 is 0 Å². The molecule has 1 aromatic heterocycles. The van der Waals surface area contributed by atoms with E-state index in [-0.39, 0.29) is 36.2 Å². The maximum Gasteiger partial charge on any atom is 0.373 e. The number of rotatable bonds is 10. The predicted molar refractivity (Wildman–Crippen MR) is 134 cm³/mol. The molecule has 1 fully saturated rings. The molecular weight excluding hydrogens is 593 g/mol. The summed E-state index contributed by atoms with van der Waals surface area (Å²) in [5.41, 5.74) is 0.609. The van der Waals surface area contributed by atoms with Crippen molar-refractivity contribution in [2.45, 2.75) is 20.4 Å². The minimum atomic E-state index is -0.653. The lowest BCUT2D eigenvalue weighted by Gasteiger charge is -2.14. The van der Waals surface area contributed by atoms with Gasteiger partial charge in [-0.15, -0.1) is 0 Å². The Balaban J connectivity index is 1.79. The first-order chi connectivity index (χ1) is 16.8. The zero-order valence-corrected chi connectivity index (χ0v) is 22.1. The molecule has 10 nitrogen and oxygen atoms in total. The lowest BCUT2D eigenvalue weighted by atomic mass is 10.2. The summed E-state index contributed by atoms with van der Waals surface area (Å²) >= 11 is 2.83. The summed E-state index contributed by atoms with van der Waals surface area (Å²) in [6.45, 7) is 3.71. The van der Waals surface area contributed by atoms with Crippen LogP contribution in [-0.4, -0.2) is 54.9 Å². The first-order valence-electron chi connectivity index (χ1n) is 10.4. The molecule has 0 bridgehead atoms. The molecule has 2 heterocycles. The molecule has 2 aromatic rings. The first kappa shape index (κ1) is 26.6. The third-order valence-corrected chi connectivity index (χ3v) is 6.21. The van der Waals surface area contributed by atoms with Gasteiger partial charge in [0.2, 0.25) is 5.76 Å². The molecule has 0 unspecified atom stereocenters. The highest BCUT2D eigenvalue weighted by atomic mass is 127. The van der Waals surface area contributed by atoms with Crippen LogP contribution in [0.4, 0.5) is 4.79 Å². The molecule has 0 saturated carbocycles. The average molecular weight is 615 g/mol. The molecule has 3 rings (SSSR count). The Morgan fingerprint density at radius 1 is 1.14 bits per heavy atom. The van der Waals surface area contributed by atoms with Gasteiger partial charge in [-0.05, 0) is 84.1 Å². The molecule has 1 saturated heterocycles. The van der Waals surface area contributed by atoms with Crippen LogP contribution in [0.15, 0.2) is 33.6 Å². The molecular formula is C23H22INO9S. The molecule has 0 N–H and O–H groups in total. The second-order valence-electron chi connectivity index (χ2n) is 6.88. The molecule has 0 aliphatic carbocycles. The zero-order valence-electron chi connectivity index (χ0n) is 19.1. The lowest BCUT2D eigenvalue weighted by molar-refractivity contribution is -0.145. The lowest BCUT2D eigenvalue weighted by Crippen LogP contribution is -2.27. The van der Waals surface area contributed by atoms with Crippen LogP contribution in [0, 0.1) is 3.57 Å². The number of carbonyl (C=O) groups excluding carboxylic acids is 4. The summed E-state index contributed by atoms with van der Waals surface area (Å²) in [7, 11) is 1.23. The van der Waals surface area contributed by atoms with Gasteiger partial charge < -0.3 is 23.4 Å². The Morgan fingerprint density at radius 3 is 2.60 bits per heavy atom. The van der Waals surface area contributed by atoms with Crippen molar-refractivity contribution in [2.24, 2.45) is 0 Å². The highest BCUT2D eigenvalue weighted by molar-refractivity contribution is 14.1. The number of imide groups is 1. The van der Waals surface area contributed by atoms with Crippen LogP contribution in [0.25, 0.3) is 6.08 Å². The van der Waals surface area contributed by atoms with E-state index in [1.807, 2.05) is 22.6 Å². The number of nitrogens with zero attached hydrogens (tertiary/aromatic N) is 1. The van der Waals surface area contributed by atoms with Gasteiger partial charge in [-0.2, -0.15) is 0 Å². The van der Waals surface area contributed by atoms with Crippen molar-refractivity contribution in [1.82, 2.24) is 4.90 Å². The van der Waals surface area contributed by atoms with Crippen LogP contribution >= 0.6 is 34.4 Å². The zero-order chi connectivity index (χ0) is 25.5. The molecule has 1 aromatic carbocycles. The number of methoxy groups -OCH3 is 1. The third-order valence-electron chi connectivity index (χ3n) is 4.50. The second-order valence-corrected chi connectivity index (χ2v) is 9.04. The normalized spacial score (nSPS) is 14.4. The Kier molecular flexibility index (Phi) is 9.20. The van der Waals surface area contributed by atoms with Crippen molar-refractivity contribution >= 4 is 63.5 Å². The van der Waals surface area contributed by atoms with E-state index in [1.54, 1.807) is 32.1 Å². The molecule has 0 spiro atoms. The molecule has 12 heteroatoms. The monoisotopic (exact) mass is 615 g/mol. The second kappa shape index (κ2) is 12.1. The number of hydrogen-bond acceptors (Lipinski definition) is 10. The number of ether oxygens (including phenoxy) is 4. The Hall–Kier alpha value is -3.00. The number of furan rings is 1. The van der Waals surface area contributed by atoms with E-state index in [0.717, 1.165) is 16.7 Å². The van der Waals surface area contributed by atoms with Crippen molar-refractivity contribution < 1.29 is 42.5 Å². The average Bonchev–Trinajstić information content (AvgIpc) is 3.39. The van der Waals surface area contributed by atoms with Gasteiger partial charge in [-0.25, -0.2) is 9.59 Å². The van der Waals surface area contributed by atoms with Gasteiger partial charge >= 0.3 is 11.9 Å². The molecule has 35 heavy (non-hydrogen) atoms. The number of esters is 2. The van der Waals surface area contributed by atoms with Gasteiger partial charge in [0.1, 0.15) is 5.76 Å². The fourth-order valence-electron chi connectivity index (χ4n) is 3.02. The number of halogens is 1. The topological polar surface area (TPSA) is 122 Å². The minimum Gasteiger partial charge on any atom is -0.490 e. The first-order valence-corrected chi connectivity index (χ1v) is 12.3. The fourth-order valence-corrected chi connectivity index (χ4v) is 4.64. The van der Waals surface area contributed by atoms with Crippen LogP contribution in [0.1, 0.15) is 35.7 Å². The predicted octanol–water partition coefficient (Wildman–Crippen LogP) is 4.25. The maximum absolute atomic E-state index is 12.9. The van der Waals surface area contributed by atoms with E-state index in [4.69, 9.17) is 18.6 Å². The quantitative estimate of drug-likeness (QED) is 0.218. The Bertz CT molecular complexity index is 1170. The van der Waals surface area contributed by atoms with Crippen LogP contribution in [0.5, 0.6) is 11.5 Å². The molecule has 0 atom stereocenters. The number of amides is 2. The van der Waals surface area contributed by atoms with E-state index in [2.05, 4.69) is 4.74 Å². The van der Waals surface area contributed by atoms with Crippen LogP contribution in [0.3, 0.4) is 0 Å². The van der Waals surface area contributed by atoms with Gasteiger partial charge in [0, 0.05) is 0 Å². The molecule has 2 amide bonds. The van der Waals surface area contributed by atoms with Crippen molar-refractivity contribution in [3.63, 3.8) is 0 Å². The molecule has 186 valence electrons. The molecule has 1 aliphatic heterocycles. The van der Waals surface area contributed by atoms with Gasteiger partial charge in [0.05, 0.1) is 35.3 Å². The highest BCUT2D eigenvalue weighted by Gasteiger charge is 2.36. The SMILES string of the molecule is CCOC(=O)COc1c(I)cc(/C=C2/SC(=O)N(Cc3ccc(C(=O)OC)o3)C2=O)cc1OCC. The van der Waals surface area contributed by atoms with E-state index in [1.165, 1.54) is 19.2 Å². The standard InChI is InChI=1S/C23H22INO9S/c1-4-31-17-9-13(8-15(24)20(17)33-12-19(26)32-5-2)10-18-21(27)25(23(29)35-18)11-14-6-7-16(34-14)22(28)30-3/h6-10H,4-5,11-12H2,1-3H3/b18-10+. The Labute approximate surface area is 219 Å². The number of thioether (sulfide) groups is 1. The molecule has 0 radical (unpaired) electrons. The van der Waals surface area contributed by atoms with Gasteiger partial charge in [0.25, 0.3) is 11.1 Å².